The van der Waals surface area contributed by atoms with Crippen LogP contribution in [0.4, 0.5) is 13.2 Å². The Bertz CT molecular complexity index is 724. The molecule has 0 aliphatic rings. The van der Waals surface area contributed by atoms with Gasteiger partial charge in [0.25, 0.3) is 0 Å². The van der Waals surface area contributed by atoms with Gasteiger partial charge in [-0.2, -0.15) is 0 Å². The molecule has 2 rings (SSSR count). The van der Waals surface area contributed by atoms with E-state index in [-0.39, 0.29) is 5.75 Å². The minimum atomic E-state index is -4.77. The molecular weight excluding hydrogens is 397 g/mol. The summed E-state index contributed by atoms with van der Waals surface area (Å²) in [5.74, 6) is -0.340. The van der Waals surface area contributed by atoms with Gasteiger partial charge in [0.15, 0.2) is 0 Å². The third-order valence-electron chi connectivity index (χ3n) is 3.10. The average Bonchev–Trinajstić information content (AvgIpc) is 2.38. The summed E-state index contributed by atoms with van der Waals surface area (Å²) in [5, 5.41) is 10.7. The highest BCUT2D eigenvalue weighted by Crippen LogP contribution is 2.39. The van der Waals surface area contributed by atoms with Crippen molar-refractivity contribution >= 4 is 27.5 Å². The Hall–Kier alpha value is -1.24. The van der Waals surface area contributed by atoms with E-state index in [0.717, 1.165) is 0 Å². The van der Waals surface area contributed by atoms with Crippen molar-refractivity contribution in [3.63, 3.8) is 0 Å². The number of alkyl halides is 3. The number of benzene rings is 2. The van der Waals surface area contributed by atoms with Gasteiger partial charge in [0.1, 0.15) is 5.75 Å². The van der Waals surface area contributed by atoms with Gasteiger partial charge in [0.2, 0.25) is 0 Å². The van der Waals surface area contributed by atoms with Crippen LogP contribution in [-0.2, 0) is 5.60 Å². The van der Waals surface area contributed by atoms with E-state index in [0.29, 0.717) is 26.2 Å². The summed E-state index contributed by atoms with van der Waals surface area (Å²) in [4.78, 5) is 0. The summed E-state index contributed by atoms with van der Waals surface area (Å²) in [6.07, 6.45) is -4.77. The van der Waals surface area contributed by atoms with Crippen molar-refractivity contribution in [1.29, 1.82) is 0 Å². The molecule has 0 aliphatic carbocycles. The molecule has 0 atom stereocenters. The highest BCUT2D eigenvalue weighted by Gasteiger charge is 2.31. The normalized spacial score (nSPS) is 12.3. The van der Waals surface area contributed by atoms with E-state index in [1.54, 1.807) is 32.0 Å². The molecule has 2 aromatic carbocycles. The van der Waals surface area contributed by atoms with Crippen LogP contribution < -0.4 is 4.74 Å². The summed E-state index contributed by atoms with van der Waals surface area (Å²) in [6, 6.07) is 8.76. The molecule has 0 fully saturated rings. The van der Waals surface area contributed by atoms with Crippen LogP contribution in [0.3, 0.4) is 0 Å². The number of hydrogen-bond acceptors (Lipinski definition) is 2. The number of ether oxygens (including phenoxy) is 1. The van der Waals surface area contributed by atoms with Crippen LogP contribution in [0.1, 0.15) is 19.4 Å². The van der Waals surface area contributed by atoms with Gasteiger partial charge >= 0.3 is 6.36 Å². The van der Waals surface area contributed by atoms with E-state index >= 15 is 0 Å². The molecule has 0 bridgehead atoms. The molecule has 2 aromatic rings. The fraction of sp³-hybridized carbons (Fsp3) is 0.250. The van der Waals surface area contributed by atoms with Crippen molar-refractivity contribution in [1.82, 2.24) is 0 Å². The first-order chi connectivity index (χ1) is 10.5. The quantitative estimate of drug-likeness (QED) is 0.684. The van der Waals surface area contributed by atoms with Crippen LogP contribution in [0.25, 0.3) is 11.1 Å². The van der Waals surface area contributed by atoms with Crippen LogP contribution in [0, 0.1) is 0 Å². The Morgan fingerprint density at radius 1 is 1.04 bits per heavy atom. The third-order valence-corrected chi connectivity index (χ3v) is 4.03. The molecule has 0 heterocycles. The van der Waals surface area contributed by atoms with Gasteiger partial charge in [-0.3, -0.25) is 0 Å². The maximum absolute atomic E-state index is 12.4. The molecule has 0 unspecified atom stereocenters. The van der Waals surface area contributed by atoms with Crippen LogP contribution in [0.2, 0.25) is 5.02 Å². The summed E-state index contributed by atoms with van der Waals surface area (Å²) in [5.41, 5.74) is 0.289. The fourth-order valence-electron chi connectivity index (χ4n) is 2.17. The summed E-state index contributed by atoms with van der Waals surface area (Å²) < 4.78 is 41.7. The Kier molecular flexibility index (Phi) is 4.99. The topological polar surface area (TPSA) is 29.5 Å². The number of hydrogen-bond donors (Lipinski definition) is 1. The van der Waals surface area contributed by atoms with Gasteiger partial charge < -0.3 is 9.84 Å². The van der Waals surface area contributed by atoms with Crippen LogP contribution in [0.5, 0.6) is 5.75 Å². The van der Waals surface area contributed by atoms with Gasteiger partial charge in [-0.05, 0) is 60.9 Å². The van der Waals surface area contributed by atoms with Crippen LogP contribution >= 0.6 is 27.5 Å². The molecule has 2 nitrogen and oxygen atoms in total. The van der Waals surface area contributed by atoms with Gasteiger partial charge in [0, 0.05) is 9.50 Å². The maximum atomic E-state index is 12.4. The first kappa shape index (κ1) is 18.1. The van der Waals surface area contributed by atoms with Crippen molar-refractivity contribution < 1.29 is 23.0 Å². The second-order valence-corrected chi connectivity index (χ2v) is 6.73. The van der Waals surface area contributed by atoms with Crippen molar-refractivity contribution in [3.8, 4) is 16.9 Å². The molecule has 0 radical (unpaired) electrons. The van der Waals surface area contributed by atoms with Crippen LogP contribution in [0.15, 0.2) is 40.9 Å². The summed E-state index contributed by atoms with van der Waals surface area (Å²) in [6.45, 7) is 3.15. The molecule has 0 saturated heterocycles. The van der Waals surface area contributed by atoms with Gasteiger partial charge in [-0.1, -0.05) is 33.6 Å². The van der Waals surface area contributed by atoms with Crippen molar-refractivity contribution in [2.75, 3.05) is 0 Å². The van der Waals surface area contributed by atoms with Crippen molar-refractivity contribution in [3.05, 3.63) is 51.5 Å². The molecule has 0 aliphatic heterocycles. The highest BCUT2D eigenvalue weighted by molar-refractivity contribution is 9.10. The van der Waals surface area contributed by atoms with Gasteiger partial charge in [-0.25, -0.2) is 0 Å². The van der Waals surface area contributed by atoms with E-state index < -0.39 is 12.0 Å². The lowest BCUT2D eigenvalue weighted by Gasteiger charge is -2.23. The molecule has 7 heteroatoms. The second kappa shape index (κ2) is 6.34. The molecular formula is C16H13BrClF3O2. The minimum absolute atomic E-state index is 0.340. The SMILES string of the molecule is CC(C)(O)c1cc(Cl)ccc1-c1cc(OC(F)(F)F)ccc1Br. The zero-order valence-electron chi connectivity index (χ0n) is 12.2. The van der Waals surface area contributed by atoms with E-state index in [9.17, 15) is 18.3 Å². The zero-order valence-corrected chi connectivity index (χ0v) is 14.6. The number of aliphatic hydroxyl groups is 1. The van der Waals surface area contributed by atoms with Gasteiger partial charge in [-0.15, -0.1) is 13.2 Å². The monoisotopic (exact) mass is 408 g/mol. The Balaban J connectivity index is 2.60. The van der Waals surface area contributed by atoms with Gasteiger partial charge in [0.05, 0.1) is 5.60 Å². The standard InChI is InChI=1S/C16H13BrClF3O2/c1-15(2,22)13-7-9(18)3-5-11(13)12-8-10(4-6-14(12)17)23-16(19,20)21/h3-8,22H,1-2H3. The Labute approximate surface area is 145 Å². The highest BCUT2D eigenvalue weighted by atomic mass is 79.9. The lowest BCUT2D eigenvalue weighted by Crippen LogP contribution is -2.18. The first-order valence-corrected chi connectivity index (χ1v) is 7.72. The lowest BCUT2D eigenvalue weighted by atomic mass is 9.89. The number of halogens is 5. The predicted molar refractivity (Wildman–Crippen MR) is 86.5 cm³/mol. The Morgan fingerprint density at radius 3 is 2.26 bits per heavy atom. The molecule has 23 heavy (non-hydrogen) atoms. The first-order valence-electron chi connectivity index (χ1n) is 6.55. The van der Waals surface area contributed by atoms with E-state index in [1.807, 2.05) is 0 Å². The number of rotatable bonds is 3. The summed E-state index contributed by atoms with van der Waals surface area (Å²) in [7, 11) is 0. The molecule has 0 saturated carbocycles. The van der Waals surface area contributed by atoms with Crippen molar-refractivity contribution in [2.24, 2.45) is 0 Å². The average molecular weight is 410 g/mol. The molecule has 0 aromatic heterocycles. The molecule has 0 spiro atoms. The van der Waals surface area contributed by atoms with E-state index in [1.165, 1.54) is 18.2 Å². The minimum Gasteiger partial charge on any atom is -0.406 e. The largest absolute Gasteiger partial charge is 0.573 e. The van der Waals surface area contributed by atoms with Crippen molar-refractivity contribution in [2.45, 2.75) is 25.8 Å². The van der Waals surface area contributed by atoms with E-state index in [4.69, 9.17) is 11.6 Å². The smallest absolute Gasteiger partial charge is 0.406 e. The third kappa shape index (κ3) is 4.62. The predicted octanol–water partition coefficient (Wildman–Crippen LogP) is 5.90. The van der Waals surface area contributed by atoms with Crippen LogP contribution in [-0.4, -0.2) is 11.5 Å². The fourth-order valence-corrected chi connectivity index (χ4v) is 2.80. The molecule has 1 N–H and O–H groups in total. The molecule has 0 amide bonds. The van der Waals surface area contributed by atoms with E-state index in [2.05, 4.69) is 20.7 Å². The molecule has 124 valence electrons. The Morgan fingerprint density at radius 2 is 1.70 bits per heavy atom. The lowest BCUT2D eigenvalue weighted by molar-refractivity contribution is -0.274. The maximum Gasteiger partial charge on any atom is 0.573 e. The summed E-state index contributed by atoms with van der Waals surface area (Å²) >= 11 is 9.29. The second-order valence-electron chi connectivity index (χ2n) is 5.44. The zero-order chi connectivity index (χ0) is 17.4.